The molecule has 2 aliphatic rings. The van der Waals surface area contributed by atoms with Crippen LogP contribution in [0.15, 0.2) is 18.2 Å². The Bertz CT molecular complexity index is 1010. The maximum atomic E-state index is 12.9. The van der Waals surface area contributed by atoms with E-state index in [4.69, 9.17) is 25.8 Å². The summed E-state index contributed by atoms with van der Waals surface area (Å²) in [7, 11) is 0. The number of ether oxygens (including phenoxy) is 3. The Hall–Kier alpha value is -2.05. The molecule has 2 atom stereocenters. The second-order valence-corrected chi connectivity index (χ2v) is 12.4. The number of nitrogens with one attached hydrogen (secondary N) is 1. The lowest BCUT2D eigenvalue weighted by Gasteiger charge is -2.45. The van der Waals surface area contributed by atoms with Crippen LogP contribution in [0.2, 0.25) is 5.02 Å². The number of amides is 1. The van der Waals surface area contributed by atoms with Crippen LogP contribution in [0.3, 0.4) is 0 Å². The van der Waals surface area contributed by atoms with Gasteiger partial charge in [-0.15, -0.1) is 0 Å². The van der Waals surface area contributed by atoms with Crippen LogP contribution < -0.4 is 5.32 Å². The van der Waals surface area contributed by atoms with E-state index in [0.717, 1.165) is 16.7 Å². The molecule has 1 aromatic rings. The fourth-order valence-corrected chi connectivity index (χ4v) is 4.78. The second-order valence-electron chi connectivity index (χ2n) is 12.0. The molecule has 7 heteroatoms. The number of anilines is 1. The molecular formula is C26H36ClNO5. The van der Waals surface area contributed by atoms with Crippen LogP contribution in [0.25, 0.3) is 5.57 Å². The highest BCUT2D eigenvalue weighted by atomic mass is 35.5. The summed E-state index contributed by atoms with van der Waals surface area (Å²) in [6, 6.07) is 3.61. The molecule has 1 heterocycles. The molecule has 3 rings (SSSR count). The van der Waals surface area contributed by atoms with E-state index >= 15 is 0 Å². The van der Waals surface area contributed by atoms with E-state index in [1.165, 1.54) is 0 Å². The van der Waals surface area contributed by atoms with Crippen molar-refractivity contribution in [3.63, 3.8) is 0 Å². The van der Waals surface area contributed by atoms with Crippen LogP contribution in [0.1, 0.15) is 86.5 Å². The topological polar surface area (TPSA) is 73.9 Å². The van der Waals surface area contributed by atoms with Crippen molar-refractivity contribution < 1.29 is 23.8 Å². The van der Waals surface area contributed by atoms with Crippen molar-refractivity contribution >= 4 is 34.9 Å². The van der Waals surface area contributed by atoms with Gasteiger partial charge in [0, 0.05) is 5.56 Å². The summed E-state index contributed by atoms with van der Waals surface area (Å²) in [5, 5.41) is 3.11. The Balaban J connectivity index is 2.12. The summed E-state index contributed by atoms with van der Waals surface area (Å²) < 4.78 is 17.9. The van der Waals surface area contributed by atoms with Gasteiger partial charge in [0.05, 0.1) is 33.2 Å². The van der Waals surface area contributed by atoms with E-state index in [2.05, 4.69) is 11.4 Å². The van der Waals surface area contributed by atoms with Gasteiger partial charge >= 0.3 is 12.1 Å². The molecule has 0 radical (unpaired) electrons. The van der Waals surface area contributed by atoms with Crippen molar-refractivity contribution in [2.45, 2.75) is 92.1 Å². The summed E-state index contributed by atoms with van der Waals surface area (Å²) in [5.41, 5.74) is 0.683. The lowest BCUT2D eigenvalue weighted by molar-refractivity contribution is -0.175. The fourth-order valence-electron chi connectivity index (χ4n) is 4.57. The molecule has 1 aliphatic heterocycles. The number of halogens is 1. The number of carbonyl (C=O) groups is 2. The molecule has 1 aliphatic carbocycles. The van der Waals surface area contributed by atoms with Gasteiger partial charge < -0.3 is 14.2 Å². The average Bonchev–Trinajstić information content (AvgIpc) is 2.84. The van der Waals surface area contributed by atoms with Crippen molar-refractivity contribution in [1.82, 2.24) is 0 Å². The van der Waals surface area contributed by atoms with Crippen LogP contribution in [-0.2, 0) is 19.0 Å². The van der Waals surface area contributed by atoms with Gasteiger partial charge in [-0.05, 0) is 98.6 Å². The van der Waals surface area contributed by atoms with E-state index in [-0.39, 0.29) is 11.9 Å². The zero-order valence-corrected chi connectivity index (χ0v) is 22.1. The number of hydrogen-bond acceptors (Lipinski definition) is 5. The molecular weight excluding hydrogens is 442 g/mol. The molecule has 1 aromatic carbocycles. The van der Waals surface area contributed by atoms with Crippen LogP contribution in [0, 0.1) is 11.3 Å². The summed E-state index contributed by atoms with van der Waals surface area (Å²) >= 11 is 6.59. The molecule has 0 unspecified atom stereocenters. The van der Waals surface area contributed by atoms with Crippen LogP contribution in [0.5, 0.6) is 0 Å². The molecule has 1 amide bonds. The molecule has 0 saturated carbocycles. The lowest BCUT2D eigenvalue weighted by atomic mass is 9.78. The Labute approximate surface area is 202 Å². The van der Waals surface area contributed by atoms with Crippen LogP contribution >= 0.6 is 11.6 Å². The highest BCUT2D eigenvalue weighted by molar-refractivity contribution is 6.34. The third-order valence-corrected chi connectivity index (χ3v) is 5.97. The summed E-state index contributed by atoms with van der Waals surface area (Å²) in [5.74, 6) is -0.531. The van der Waals surface area contributed by atoms with Gasteiger partial charge in [0.2, 0.25) is 0 Å². The smallest absolute Gasteiger partial charge is 0.412 e. The molecule has 0 aromatic heterocycles. The first-order valence-corrected chi connectivity index (χ1v) is 11.7. The quantitative estimate of drug-likeness (QED) is 0.468. The lowest BCUT2D eigenvalue weighted by Crippen LogP contribution is -2.47. The molecule has 33 heavy (non-hydrogen) atoms. The Morgan fingerprint density at radius 3 is 2.21 bits per heavy atom. The van der Waals surface area contributed by atoms with Crippen molar-refractivity contribution in [1.29, 1.82) is 0 Å². The zero-order valence-electron chi connectivity index (χ0n) is 21.3. The molecule has 182 valence electrons. The molecule has 1 N–H and O–H groups in total. The first kappa shape index (κ1) is 25.6. The minimum atomic E-state index is -0.671. The van der Waals surface area contributed by atoms with E-state index in [0.29, 0.717) is 10.7 Å². The first-order valence-electron chi connectivity index (χ1n) is 11.3. The molecule has 6 nitrogen and oxygen atoms in total. The number of esters is 1. The van der Waals surface area contributed by atoms with Gasteiger partial charge in [-0.2, -0.15) is 0 Å². The number of carbonyl (C=O) groups excluding carboxylic acids is 2. The molecule has 0 fully saturated rings. The standard InChI is InChI=1S/C26H36ClNO5/c1-23(2,3)21(29)31-20-15-12-18(28-22(30)32-24(4,5)6)17(27)11-14(15)16-13-25(7,8)33-26(9,10)19(16)20/h11-13,19-20H,1-10H3,(H,28,30)/t19-,20-/m1/s1. The third kappa shape index (κ3) is 5.38. The third-order valence-electron chi connectivity index (χ3n) is 5.65. The SMILES string of the molecule is CC(C)(C)OC(=O)Nc1cc2c(cc1Cl)C1=CC(C)(C)OC(C)(C)[C@H]1[C@@H]2OC(=O)C(C)(C)C. The predicted molar refractivity (Wildman–Crippen MR) is 130 cm³/mol. The van der Waals surface area contributed by atoms with Gasteiger partial charge in [0.15, 0.2) is 0 Å². The van der Waals surface area contributed by atoms with Gasteiger partial charge in [-0.3, -0.25) is 10.1 Å². The molecule has 0 spiro atoms. The van der Waals surface area contributed by atoms with Gasteiger partial charge in [-0.1, -0.05) is 11.6 Å². The molecule has 0 bridgehead atoms. The van der Waals surface area contributed by atoms with Crippen LogP contribution in [-0.4, -0.2) is 28.9 Å². The summed E-state index contributed by atoms with van der Waals surface area (Å²) in [4.78, 5) is 25.3. The van der Waals surface area contributed by atoms with Gasteiger partial charge in [-0.25, -0.2) is 4.79 Å². The zero-order chi connectivity index (χ0) is 25.1. The Morgan fingerprint density at radius 2 is 1.67 bits per heavy atom. The minimum Gasteiger partial charge on any atom is -0.456 e. The number of fused-ring (bicyclic) bond motifs is 3. The number of rotatable bonds is 2. The van der Waals surface area contributed by atoms with E-state index < -0.39 is 34.4 Å². The fraction of sp³-hybridized carbons (Fsp3) is 0.615. The van der Waals surface area contributed by atoms with E-state index in [9.17, 15) is 9.59 Å². The molecule has 0 saturated heterocycles. The highest BCUT2D eigenvalue weighted by Crippen LogP contribution is 2.57. The Kier molecular flexibility index (Phi) is 6.21. The highest BCUT2D eigenvalue weighted by Gasteiger charge is 2.53. The predicted octanol–water partition coefficient (Wildman–Crippen LogP) is 6.92. The van der Waals surface area contributed by atoms with Gasteiger partial charge in [0.25, 0.3) is 0 Å². The van der Waals surface area contributed by atoms with Crippen LogP contribution in [0.4, 0.5) is 10.5 Å². The maximum Gasteiger partial charge on any atom is 0.412 e. The summed E-state index contributed by atoms with van der Waals surface area (Å²) in [6.07, 6.45) is 0.886. The maximum absolute atomic E-state index is 12.9. The first-order chi connectivity index (χ1) is 14.8. The largest absolute Gasteiger partial charge is 0.456 e. The Morgan fingerprint density at radius 1 is 1.06 bits per heavy atom. The van der Waals surface area contributed by atoms with Gasteiger partial charge in [0.1, 0.15) is 11.7 Å². The van der Waals surface area contributed by atoms with E-state index in [1.807, 2.05) is 54.5 Å². The minimum absolute atomic E-state index is 0.223. The normalized spacial score (nSPS) is 23.2. The number of hydrogen-bond donors (Lipinski definition) is 1. The van der Waals surface area contributed by atoms with E-state index in [1.54, 1.807) is 26.8 Å². The number of benzene rings is 1. The van der Waals surface area contributed by atoms with Crippen molar-refractivity contribution in [2.24, 2.45) is 11.3 Å². The summed E-state index contributed by atoms with van der Waals surface area (Å²) in [6.45, 7) is 18.9. The van der Waals surface area contributed by atoms with Crippen molar-refractivity contribution in [3.8, 4) is 0 Å². The van der Waals surface area contributed by atoms with Crippen molar-refractivity contribution in [3.05, 3.63) is 34.4 Å². The average molecular weight is 478 g/mol. The monoisotopic (exact) mass is 477 g/mol. The second kappa shape index (κ2) is 8.02. The van der Waals surface area contributed by atoms with Crippen molar-refractivity contribution in [2.75, 3.05) is 5.32 Å².